The highest BCUT2D eigenvalue weighted by atomic mass is 16.6. The van der Waals surface area contributed by atoms with E-state index in [0.29, 0.717) is 28.7 Å². The van der Waals surface area contributed by atoms with Gasteiger partial charge in [-0.05, 0) is 24.3 Å². The number of nitrogens with zero attached hydrogens (tertiary/aromatic N) is 6. The number of carbonyl (C=O) groups is 1. The summed E-state index contributed by atoms with van der Waals surface area (Å²) in [5.74, 6) is 1.45. The predicted octanol–water partition coefficient (Wildman–Crippen LogP) is 2.46. The lowest BCUT2D eigenvalue weighted by atomic mass is 10.1. The van der Waals surface area contributed by atoms with Gasteiger partial charge in [-0.15, -0.1) is 10.2 Å². The average molecular weight is 436 g/mol. The van der Waals surface area contributed by atoms with E-state index in [-0.39, 0.29) is 19.0 Å². The molecule has 0 N–H and O–H groups in total. The molecule has 0 fully saturated rings. The molecule has 0 aliphatic carbocycles. The highest BCUT2D eigenvalue weighted by molar-refractivity contribution is 5.69. The number of aryl methyl sites for hydroxylation is 1. The number of benzene rings is 2. The summed E-state index contributed by atoms with van der Waals surface area (Å²) in [7, 11) is 3.09. The molecule has 11 heteroatoms. The van der Waals surface area contributed by atoms with Crippen LogP contribution in [0.25, 0.3) is 22.8 Å². The van der Waals surface area contributed by atoms with E-state index >= 15 is 0 Å². The van der Waals surface area contributed by atoms with Crippen molar-refractivity contribution in [2.24, 2.45) is 0 Å². The Bertz CT molecular complexity index is 1220. The van der Waals surface area contributed by atoms with Crippen LogP contribution in [-0.2, 0) is 22.7 Å². The van der Waals surface area contributed by atoms with Gasteiger partial charge in [-0.2, -0.15) is 9.78 Å². The Balaban J connectivity index is 1.35. The Morgan fingerprint density at radius 2 is 1.88 bits per heavy atom. The quantitative estimate of drug-likeness (QED) is 0.380. The first-order valence-corrected chi connectivity index (χ1v) is 9.61. The molecule has 0 saturated heterocycles. The van der Waals surface area contributed by atoms with Crippen LogP contribution in [0.1, 0.15) is 11.5 Å². The van der Waals surface area contributed by atoms with Crippen molar-refractivity contribution in [1.82, 2.24) is 30.3 Å². The Kier molecular flexibility index (Phi) is 6.06. The first kappa shape index (κ1) is 21.0. The number of ether oxygens (including phenoxy) is 3. The minimum absolute atomic E-state index is 0.137. The van der Waals surface area contributed by atoms with E-state index in [1.807, 2.05) is 31.2 Å². The third-order valence-corrected chi connectivity index (χ3v) is 4.51. The largest absolute Gasteiger partial charge is 0.497 e. The molecule has 2 aromatic heterocycles. The standard InChI is InChI=1S/C21H20N6O5/c1-13-4-6-14(7-5-13)20-23-26-27(24-20)11-19(28)31-12-18-22-21(25-32-18)16-9-8-15(29-2)10-17(16)30-3/h4-10H,11-12H2,1-3H3. The van der Waals surface area contributed by atoms with Crippen LogP contribution in [0.2, 0.25) is 0 Å². The van der Waals surface area contributed by atoms with Crippen molar-refractivity contribution in [1.29, 1.82) is 0 Å². The Morgan fingerprint density at radius 3 is 2.62 bits per heavy atom. The zero-order valence-electron chi connectivity index (χ0n) is 17.7. The summed E-state index contributed by atoms with van der Waals surface area (Å²) in [6.07, 6.45) is 0. The molecule has 0 saturated carbocycles. The fraction of sp³-hybridized carbons (Fsp3) is 0.238. The van der Waals surface area contributed by atoms with Crippen LogP contribution in [0.15, 0.2) is 47.0 Å². The maximum atomic E-state index is 12.1. The molecule has 2 heterocycles. The van der Waals surface area contributed by atoms with E-state index in [4.69, 9.17) is 18.7 Å². The van der Waals surface area contributed by atoms with Gasteiger partial charge in [0, 0.05) is 11.6 Å². The van der Waals surface area contributed by atoms with Crippen molar-refractivity contribution < 1.29 is 23.5 Å². The fourth-order valence-electron chi connectivity index (χ4n) is 2.84. The number of carbonyl (C=O) groups excluding carboxylic acids is 1. The highest BCUT2D eigenvalue weighted by Gasteiger charge is 2.16. The van der Waals surface area contributed by atoms with Gasteiger partial charge >= 0.3 is 5.97 Å². The Morgan fingerprint density at radius 1 is 1.06 bits per heavy atom. The van der Waals surface area contributed by atoms with E-state index in [2.05, 4.69) is 25.6 Å². The summed E-state index contributed by atoms with van der Waals surface area (Å²) < 4.78 is 20.9. The molecule has 0 atom stereocenters. The van der Waals surface area contributed by atoms with E-state index in [0.717, 1.165) is 11.1 Å². The average Bonchev–Trinajstić information content (AvgIpc) is 3.47. The summed E-state index contributed by atoms with van der Waals surface area (Å²) in [6.45, 7) is 1.60. The van der Waals surface area contributed by atoms with Crippen molar-refractivity contribution in [3.05, 3.63) is 53.9 Å². The number of methoxy groups -OCH3 is 2. The number of rotatable bonds is 8. The van der Waals surface area contributed by atoms with Crippen LogP contribution in [0.4, 0.5) is 0 Å². The van der Waals surface area contributed by atoms with Crippen LogP contribution in [-0.4, -0.2) is 50.5 Å². The second kappa shape index (κ2) is 9.25. The topological polar surface area (TPSA) is 127 Å². The van der Waals surface area contributed by atoms with Crippen molar-refractivity contribution >= 4 is 5.97 Å². The second-order valence-electron chi connectivity index (χ2n) is 6.75. The van der Waals surface area contributed by atoms with E-state index in [1.165, 1.54) is 11.9 Å². The molecule has 11 nitrogen and oxygen atoms in total. The Hall–Kier alpha value is -4.28. The van der Waals surface area contributed by atoms with Gasteiger partial charge in [0.1, 0.15) is 11.5 Å². The molecule has 0 amide bonds. The number of hydrogen-bond donors (Lipinski definition) is 0. The first-order chi connectivity index (χ1) is 15.6. The van der Waals surface area contributed by atoms with Gasteiger partial charge in [-0.1, -0.05) is 35.0 Å². The Labute approximate surface area is 182 Å². The van der Waals surface area contributed by atoms with E-state index in [1.54, 1.807) is 25.3 Å². The molecule has 0 unspecified atom stereocenters. The predicted molar refractivity (Wildman–Crippen MR) is 111 cm³/mol. The number of tetrazole rings is 1. The summed E-state index contributed by atoms with van der Waals surface area (Å²) in [6, 6.07) is 12.9. The molecule has 2 aromatic carbocycles. The molecule has 0 bridgehead atoms. The van der Waals surface area contributed by atoms with Crippen molar-refractivity contribution in [3.8, 4) is 34.3 Å². The molecule has 4 aromatic rings. The van der Waals surface area contributed by atoms with Gasteiger partial charge in [0.05, 0.1) is 19.8 Å². The zero-order valence-corrected chi connectivity index (χ0v) is 17.7. The maximum absolute atomic E-state index is 12.1. The summed E-state index contributed by atoms with van der Waals surface area (Å²) in [5.41, 5.74) is 2.55. The van der Waals surface area contributed by atoms with Gasteiger partial charge in [0.15, 0.2) is 13.2 Å². The van der Waals surface area contributed by atoms with Crippen LogP contribution < -0.4 is 9.47 Å². The second-order valence-corrected chi connectivity index (χ2v) is 6.75. The minimum atomic E-state index is -0.570. The smallest absolute Gasteiger partial charge is 0.330 e. The molecule has 0 spiro atoms. The molecular weight excluding hydrogens is 416 g/mol. The lowest BCUT2D eigenvalue weighted by Crippen LogP contribution is -2.16. The van der Waals surface area contributed by atoms with Crippen LogP contribution in [0.5, 0.6) is 11.5 Å². The fourth-order valence-corrected chi connectivity index (χ4v) is 2.84. The molecular formula is C21H20N6O5. The lowest BCUT2D eigenvalue weighted by molar-refractivity contribution is -0.147. The number of hydrogen-bond acceptors (Lipinski definition) is 10. The van der Waals surface area contributed by atoms with E-state index in [9.17, 15) is 4.79 Å². The van der Waals surface area contributed by atoms with Gasteiger partial charge in [-0.3, -0.25) is 0 Å². The number of aromatic nitrogens is 6. The molecule has 32 heavy (non-hydrogen) atoms. The third kappa shape index (κ3) is 4.72. The van der Waals surface area contributed by atoms with Crippen LogP contribution in [0, 0.1) is 6.92 Å². The normalized spacial score (nSPS) is 10.7. The summed E-state index contributed by atoms with van der Waals surface area (Å²) in [5, 5.41) is 16.0. The molecule has 0 radical (unpaired) electrons. The monoisotopic (exact) mass is 436 g/mol. The van der Waals surface area contributed by atoms with Gasteiger partial charge in [0.2, 0.25) is 11.6 Å². The van der Waals surface area contributed by atoms with Crippen molar-refractivity contribution in [3.63, 3.8) is 0 Å². The van der Waals surface area contributed by atoms with Gasteiger partial charge in [0.25, 0.3) is 5.89 Å². The van der Waals surface area contributed by atoms with E-state index < -0.39 is 5.97 Å². The molecule has 164 valence electrons. The molecule has 0 aliphatic rings. The third-order valence-electron chi connectivity index (χ3n) is 4.51. The molecule has 4 rings (SSSR count). The SMILES string of the molecule is COc1ccc(-c2noc(COC(=O)Cn3nnc(-c4ccc(C)cc4)n3)n2)c(OC)c1. The maximum Gasteiger partial charge on any atom is 0.330 e. The summed E-state index contributed by atoms with van der Waals surface area (Å²) >= 11 is 0. The van der Waals surface area contributed by atoms with Crippen LogP contribution >= 0.6 is 0 Å². The molecule has 0 aliphatic heterocycles. The summed E-state index contributed by atoms with van der Waals surface area (Å²) in [4.78, 5) is 17.6. The number of esters is 1. The first-order valence-electron chi connectivity index (χ1n) is 9.61. The van der Waals surface area contributed by atoms with Crippen molar-refractivity contribution in [2.75, 3.05) is 14.2 Å². The zero-order chi connectivity index (χ0) is 22.5. The van der Waals surface area contributed by atoms with Gasteiger partial charge < -0.3 is 18.7 Å². The minimum Gasteiger partial charge on any atom is -0.497 e. The van der Waals surface area contributed by atoms with Crippen molar-refractivity contribution in [2.45, 2.75) is 20.1 Å². The van der Waals surface area contributed by atoms with Gasteiger partial charge in [-0.25, -0.2) is 4.79 Å². The highest BCUT2D eigenvalue weighted by Crippen LogP contribution is 2.31. The lowest BCUT2D eigenvalue weighted by Gasteiger charge is -2.07. The van der Waals surface area contributed by atoms with Crippen LogP contribution in [0.3, 0.4) is 0 Å².